The number of nitrogens with zero attached hydrogens (tertiary/aromatic N) is 4. The Morgan fingerprint density at radius 3 is 2.48 bits per heavy atom. The number of rotatable bonds is 5. The molecule has 0 saturated carbocycles. The Bertz CT molecular complexity index is 1380. The molecule has 0 atom stereocenters. The molecule has 5 rings (SSSR count). The zero-order valence-electron chi connectivity index (χ0n) is 17.5. The lowest BCUT2D eigenvalue weighted by molar-refractivity contribution is -0.384. The second-order valence-corrected chi connectivity index (χ2v) is 9.12. The van der Waals surface area contributed by atoms with Gasteiger partial charge >= 0.3 is 0 Å². The maximum atomic E-state index is 12.9. The van der Waals surface area contributed by atoms with E-state index in [1.165, 1.54) is 23.5 Å². The van der Waals surface area contributed by atoms with E-state index in [4.69, 9.17) is 16.6 Å². The number of H-pyrrole nitrogens is 1. The highest BCUT2D eigenvalue weighted by atomic mass is 35.5. The van der Waals surface area contributed by atoms with Crippen molar-refractivity contribution in [2.24, 2.45) is 0 Å². The largest absolute Gasteiger partial charge is 0.369 e. The van der Waals surface area contributed by atoms with Crippen LogP contribution in [-0.2, 0) is 6.54 Å². The second kappa shape index (κ2) is 8.93. The Kier molecular flexibility index (Phi) is 5.84. The van der Waals surface area contributed by atoms with Crippen molar-refractivity contribution in [1.82, 2.24) is 14.9 Å². The Labute approximate surface area is 198 Å². The molecule has 3 heterocycles. The second-order valence-electron chi connectivity index (χ2n) is 7.86. The van der Waals surface area contributed by atoms with Crippen molar-refractivity contribution < 1.29 is 4.92 Å². The third kappa shape index (κ3) is 4.35. The number of thiophene rings is 1. The van der Waals surface area contributed by atoms with Gasteiger partial charge in [0.25, 0.3) is 11.2 Å². The smallest absolute Gasteiger partial charge is 0.269 e. The molecule has 33 heavy (non-hydrogen) atoms. The monoisotopic (exact) mass is 481 g/mol. The molecule has 0 aliphatic carbocycles. The molecule has 0 radical (unpaired) electrons. The molecule has 0 amide bonds. The number of non-ortho nitro benzene ring substituents is 1. The maximum Gasteiger partial charge on any atom is 0.269 e. The van der Waals surface area contributed by atoms with Gasteiger partial charge in [0.15, 0.2) is 0 Å². The molecule has 0 spiro atoms. The van der Waals surface area contributed by atoms with Crippen molar-refractivity contribution >= 4 is 44.5 Å². The molecular formula is C23H20ClN5O3S. The molecule has 4 aromatic rings. The number of nitro benzene ring substituents is 1. The molecule has 168 valence electrons. The predicted molar refractivity (Wildman–Crippen MR) is 131 cm³/mol. The molecule has 2 aromatic carbocycles. The molecular weight excluding hydrogens is 462 g/mol. The fourth-order valence-corrected chi connectivity index (χ4v) is 5.30. The van der Waals surface area contributed by atoms with Crippen LogP contribution in [0.15, 0.2) is 58.7 Å². The third-order valence-electron chi connectivity index (χ3n) is 5.83. The van der Waals surface area contributed by atoms with Crippen molar-refractivity contribution in [2.75, 3.05) is 31.1 Å². The van der Waals surface area contributed by atoms with Crippen molar-refractivity contribution in [3.63, 3.8) is 0 Å². The first-order chi connectivity index (χ1) is 16.0. The van der Waals surface area contributed by atoms with Crippen molar-refractivity contribution in [3.8, 4) is 11.1 Å². The van der Waals surface area contributed by atoms with Crippen LogP contribution >= 0.6 is 22.9 Å². The molecule has 1 aliphatic rings. The van der Waals surface area contributed by atoms with Crippen LogP contribution in [0, 0.1) is 10.1 Å². The lowest BCUT2D eigenvalue weighted by Gasteiger charge is -2.35. The van der Waals surface area contributed by atoms with E-state index in [2.05, 4.69) is 14.8 Å². The summed E-state index contributed by atoms with van der Waals surface area (Å²) in [6.45, 7) is 3.74. The van der Waals surface area contributed by atoms with Crippen LogP contribution in [0.25, 0.3) is 21.3 Å². The fourth-order valence-electron chi connectivity index (χ4n) is 4.11. The number of aromatic amines is 1. The number of nitro groups is 1. The van der Waals surface area contributed by atoms with Crippen LogP contribution in [0.1, 0.15) is 5.82 Å². The highest BCUT2D eigenvalue weighted by molar-refractivity contribution is 7.17. The third-order valence-corrected chi connectivity index (χ3v) is 7.03. The Morgan fingerprint density at radius 1 is 1.06 bits per heavy atom. The predicted octanol–water partition coefficient (Wildman–Crippen LogP) is 4.54. The van der Waals surface area contributed by atoms with E-state index in [1.54, 1.807) is 12.1 Å². The summed E-state index contributed by atoms with van der Waals surface area (Å²) in [5, 5.41) is 14.0. The van der Waals surface area contributed by atoms with Gasteiger partial charge in [-0.05, 0) is 18.2 Å². The van der Waals surface area contributed by atoms with Gasteiger partial charge in [-0.3, -0.25) is 19.8 Å². The van der Waals surface area contributed by atoms with E-state index in [9.17, 15) is 14.9 Å². The topological polar surface area (TPSA) is 95.4 Å². The van der Waals surface area contributed by atoms with E-state index >= 15 is 0 Å². The molecule has 1 fully saturated rings. The van der Waals surface area contributed by atoms with Crippen LogP contribution in [0.4, 0.5) is 11.4 Å². The Balaban J connectivity index is 1.29. The van der Waals surface area contributed by atoms with Crippen molar-refractivity contribution in [3.05, 3.63) is 85.2 Å². The molecule has 2 aromatic heterocycles. The number of benzene rings is 2. The number of piperazine rings is 1. The van der Waals surface area contributed by atoms with Gasteiger partial charge in [-0.1, -0.05) is 29.8 Å². The van der Waals surface area contributed by atoms with Crippen LogP contribution < -0.4 is 10.5 Å². The van der Waals surface area contributed by atoms with Crippen molar-refractivity contribution in [2.45, 2.75) is 6.54 Å². The molecule has 1 saturated heterocycles. The zero-order chi connectivity index (χ0) is 22.9. The van der Waals surface area contributed by atoms with Gasteiger partial charge in [-0.25, -0.2) is 4.98 Å². The minimum Gasteiger partial charge on any atom is -0.369 e. The highest BCUT2D eigenvalue weighted by Crippen LogP contribution is 2.35. The summed E-state index contributed by atoms with van der Waals surface area (Å²) in [6, 6.07) is 14.1. The quantitative estimate of drug-likeness (QED) is 0.332. The average molecular weight is 482 g/mol. The first kappa shape index (κ1) is 21.6. The fraction of sp³-hybridized carbons (Fsp3) is 0.217. The summed E-state index contributed by atoms with van der Waals surface area (Å²) in [4.78, 5) is 36.2. The van der Waals surface area contributed by atoms with Gasteiger partial charge < -0.3 is 9.88 Å². The Morgan fingerprint density at radius 2 is 1.79 bits per heavy atom. The zero-order valence-corrected chi connectivity index (χ0v) is 19.1. The van der Waals surface area contributed by atoms with E-state index in [1.807, 2.05) is 29.6 Å². The molecule has 8 nitrogen and oxygen atoms in total. The SMILES string of the molecule is O=c1[nH]c(CN2CCN(c3ccc([N+](=O)[O-])cc3)CC2)nc2scc(-c3ccccc3Cl)c12. The summed E-state index contributed by atoms with van der Waals surface area (Å²) in [6.07, 6.45) is 0. The molecule has 1 aliphatic heterocycles. The van der Waals surface area contributed by atoms with Crippen LogP contribution in [-0.4, -0.2) is 46.0 Å². The number of anilines is 1. The normalized spacial score (nSPS) is 14.6. The van der Waals surface area contributed by atoms with Gasteiger partial charge in [-0.2, -0.15) is 0 Å². The van der Waals surface area contributed by atoms with Gasteiger partial charge in [-0.15, -0.1) is 11.3 Å². The lowest BCUT2D eigenvalue weighted by Crippen LogP contribution is -2.46. The standard InChI is InChI=1S/C23H20ClN5O3S/c24-19-4-2-1-3-17(19)18-14-33-23-21(18)22(30)25-20(26-23)13-27-9-11-28(12-10-27)15-5-7-16(8-6-15)29(31)32/h1-8,14H,9-13H2,(H,25,26,30). The van der Waals surface area contributed by atoms with E-state index in [0.29, 0.717) is 27.6 Å². The number of hydrogen-bond acceptors (Lipinski definition) is 7. The highest BCUT2D eigenvalue weighted by Gasteiger charge is 2.20. The van der Waals surface area contributed by atoms with Gasteiger partial charge in [0.1, 0.15) is 10.7 Å². The number of halogens is 1. The van der Waals surface area contributed by atoms with E-state index in [-0.39, 0.29) is 11.2 Å². The minimum absolute atomic E-state index is 0.0917. The summed E-state index contributed by atoms with van der Waals surface area (Å²) in [7, 11) is 0. The minimum atomic E-state index is -0.392. The summed E-state index contributed by atoms with van der Waals surface area (Å²) in [5.41, 5.74) is 2.54. The number of aromatic nitrogens is 2. The van der Waals surface area contributed by atoms with Gasteiger partial charge in [0, 0.05) is 65.5 Å². The van der Waals surface area contributed by atoms with Gasteiger partial charge in [0.2, 0.25) is 0 Å². The number of hydrogen-bond donors (Lipinski definition) is 1. The average Bonchev–Trinajstić information content (AvgIpc) is 3.24. The summed E-state index contributed by atoms with van der Waals surface area (Å²) in [5.74, 6) is 0.642. The number of fused-ring (bicyclic) bond motifs is 1. The van der Waals surface area contributed by atoms with Crippen LogP contribution in [0.3, 0.4) is 0 Å². The lowest BCUT2D eigenvalue weighted by atomic mass is 10.1. The number of nitrogens with one attached hydrogen (secondary N) is 1. The van der Waals surface area contributed by atoms with Crippen LogP contribution in [0.2, 0.25) is 5.02 Å². The molecule has 10 heteroatoms. The first-order valence-electron chi connectivity index (χ1n) is 10.5. The summed E-state index contributed by atoms with van der Waals surface area (Å²) >= 11 is 7.78. The first-order valence-corrected chi connectivity index (χ1v) is 11.7. The van der Waals surface area contributed by atoms with Crippen molar-refractivity contribution in [1.29, 1.82) is 0 Å². The molecule has 0 bridgehead atoms. The Hall–Kier alpha value is -3.27. The molecule has 0 unspecified atom stereocenters. The van der Waals surface area contributed by atoms with E-state index < -0.39 is 4.92 Å². The van der Waals surface area contributed by atoms with E-state index in [0.717, 1.165) is 43.0 Å². The van der Waals surface area contributed by atoms with Crippen LogP contribution in [0.5, 0.6) is 0 Å². The summed E-state index contributed by atoms with van der Waals surface area (Å²) < 4.78 is 0. The van der Waals surface area contributed by atoms with Gasteiger partial charge in [0.05, 0.1) is 16.9 Å². The maximum absolute atomic E-state index is 12.9. The molecule has 1 N–H and O–H groups in total.